The number of hydrogen-bond acceptors (Lipinski definition) is 3. The van der Waals surface area contributed by atoms with Gasteiger partial charge in [-0.05, 0) is 30.3 Å². The lowest BCUT2D eigenvalue weighted by atomic mass is 10.1. The normalized spacial score (nSPS) is 11.7. The monoisotopic (exact) mass is 287 g/mol. The van der Waals surface area contributed by atoms with Crippen LogP contribution in [-0.2, 0) is 9.53 Å². The minimum absolute atomic E-state index is 0.253. The summed E-state index contributed by atoms with van der Waals surface area (Å²) in [6.45, 7) is 0. The van der Waals surface area contributed by atoms with E-state index < -0.39 is 18.0 Å². The molecule has 0 saturated carbocycles. The molecule has 5 heteroatoms. The first-order valence-corrected chi connectivity index (χ1v) is 6.29. The molecule has 0 aliphatic carbocycles. The third kappa shape index (κ3) is 3.32. The van der Waals surface area contributed by atoms with Gasteiger partial charge in [0.1, 0.15) is 5.82 Å². The molecule has 21 heavy (non-hydrogen) atoms. The van der Waals surface area contributed by atoms with Crippen LogP contribution in [0.3, 0.4) is 0 Å². The Morgan fingerprint density at radius 2 is 1.90 bits per heavy atom. The van der Waals surface area contributed by atoms with E-state index in [1.807, 2.05) is 0 Å². The van der Waals surface area contributed by atoms with E-state index in [0.717, 1.165) is 4.90 Å². The molecular formula is C16H14FNO3. The van der Waals surface area contributed by atoms with Crippen LogP contribution in [0.2, 0.25) is 0 Å². The first kappa shape index (κ1) is 14.9. The summed E-state index contributed by atoms with van der Waals surface area (Å²) in [4.78, 5) is 24.9. The van der Waals surface area contributed by atoms with Crippen molar-refractivity contribution >= 4 is 17.9 Å². The van der Waals surface area contributed by atoms with E-state index in [0.29, 0.717) is 11.8 Å². The number of rotatable bonds is 5. The van der Waals surface area contributed by atoms with E-state index in [9.17, 15) is 14.0 Å². The van der Waals surface area contributed by atoms with E-state index in [1.54, 1.807) is 36.4 Å². The fraction of sp³-hybridized carbons (Fsp3) is 0.125. The van der Waals surface area contributed by atoms with Crippen LogP contribution in [0.5, 0.6) is 0 Å². The van der Waals surface area contributed by atoms with E-state index in [1.165, 1.54) is 25.3 Å². The number of halogens is 1. The standard InChI is InChI=1S/C16H14FNO3/c1-21-15(11-19)18(14-9-5-8-13(17)10-14)16(20)12-6-3-2-4-7-12/h2-11,15H,1H3/t15-/m0/s1. The number of anilines is 1. The highest BCUT2D eigenvalue weighted by atomic mass is 19.1. The number of carbonyl (C=O) groups is 2. The van der Waals surface area contributed by atoms with Crippen LogP contribution in [0.15, 0.2) is 54.6 Å². The SMILES string of the molecule is CO[C@@H](C=O)N(C(=O)c1ccccc1)c1cccc(F)c1. The molecule has 0 aliphatic rings. The third-order valence-electron chi connectivity index (χ3n) is 2.94. The molecule has 4 nitrogen and oxygen atoms in total. The third-order valence-corrected chi connectivity index (χ3v) is 2.94. The Hall–Kier alpha value is -2.53. The lowest BCUT2D eigenvalue weighted by molar-refractivity contribution is -0.116. The molecule has 2 aromatic rings. The fourth-order valence-electron chi connectivity index (χ4n) is 1.95. The van der Waals surface area contributed by atoms with Gasteiger partial charge in [-0.3, -0.25) is 14.5 Å². The van der Waals surface area contributed by atoms with Crippen LogP contribution in [0.25, 0.3) is 0 Å². The van der Waals surface area contributed by atoms with Gasteiger partial charge in [-0.25, -0.2) is 4.39 Å². The first-order valence-electron chi connectivity index (χ1n) is 6.29. The Bertz CT molecular complexity index is 630. The summed E-state index contributed by atoms with van der Waals surface area (Å²) in [6.07, 6.45) is -0.634. The van der Waals surface area contributed by atoms with Crippen molar-refractivity contribution in [3.8, 4) is 0 Å². The number of aldehydes is 1. The highest BCUT2D eigenvalue weighted by molar-refractivity contribution is 6.07. The van der Waals surface area contributed by atoms with E-state index in [-0.39, 0.29) is 5.69 Å². The second-order valence-corrected chi connectivity index (χ2v) is 4.28. The van der Waals surface area contributed by atoms with Crippen LogP contribution >= 0.6 is 0 Å². The summed E-state index contributed by atoms with van der Waals surface area (Å²) in [5.41, 5.74) is 0.633. The molecule has 0 spiro atoms. The predicted molar refractivity (Wildman–Crippen MR) is 76.5 cm³/mol. The summed E-state index contributed by atoms with van der Waals surface area (Å²) in [7, 11) is 1.31. The molecule has 1 atom stereocenters. The molecule has 0 aliphatic heterocycles. The molecule has 1 amide bonds. The van der Waals surface area contributed by atoms with Gasteiger partial charge < -0.3 is 4.74 Å². The van der Waals surface area contributed by atoms with Crippen molar-refractivity contribution in [3.63, 3.8) is 0 Å². The van der Waals surface area contributed by atoms with Gasteiger partial charge in [0.15, 0.2) is 12.5 Å². The Kier molecular flexibility index (Phi) is 4.79. The largest absolute Gasteiger partial charge is 0.354 e. The summed E-state index contributed by atoms with van der Waals surface area (Å²) in [5.74, 6) is -0.945. The van der Waals surface area contributed by atoms with Crippen molar-refractivity contribution in [2.24, 2.45) is 0 Å². The number of hydrogen-bond donors (Lipinski definition) is 0. The maximum absolute atomic E-state index is 13.4. The first-order chi connectivity index (χ1) is 10.2. The molecule has 0 bridgehead atoms. The highest BCUT2D eigenvalue weighted by Crippen LogP contribution is 2.21. The Morgan fingerprint density at radius 1 is 1.19 bits per heavy atom. The van der Waals surface area contributed by atoms with Crippen molar-refractivity contribution in [1.29, 1.82) is 0 Å². The second-order valence-electron chi connectivity index (χ2n) is 4.28. The van der Waals surface area contributed by atoms with Crippen molar-refractivity contribution in [3.05, 3.63) is 66.0 Å². The van der Waals surface area contributed by atoms with Crippen molar-refractivity contribution in [1.82, 2.24) is 0 Å². The quantitative estimate of drug-likeness (QED) is 0.627. The molecule has 108 valence electrons. The number of methoxy groups -OCH3 is 1. The number of nitrogens with zero attached hydrogens (tertiary/aromatic N) is 1. The molecule has 0 aromatic heterocycles. The maximum Gasteiger partial charge on any atom is 0.260 e. The maximum atomic E-state index is 13.4. The molecule has 0 heterocycles. The second kappa shape index (κ2) is 6.76. The number of amides is 1. The lowest BCUT2D eigenvalue weighted by Crippen LogP contribution is -2.42. The van der Waals surface area contributed by atoms with Crippen LogP contribution in [0.4, 0.5) is 10.1 Å². The molecule has 0 N–H and O–H groups in total. The summed E-state index contributed by atoms with van der Waals surface area (Å²) < 4.78 is 18.4. The van der Waals surface area contributed by atoms with Crippen molar-refractivity contribution < 1.29 is 18.7 Å². The fourth-order valence-corrected chi connectivity index (χ4v) is 1.95. The minimum atomic E-state index is -1.13. The Balaban J connectivity index is 2.46. The van der Waals surface area contributed by atoms with Gasteiger partial charge in [-0.1, -0.05) is 24.3 Å². The van der Waals surface area contributed by atoms with Crippen LogP contribution in [0, 0.1) is 5.82 Å². The average Bonchev–Trinajstić information content (AvgIpc) is 2.52. The van der Waals surface area contributed by atoms with Gasteiger partial charge in [-0.2, -0.15) is 0 Å². The van der Waals surface area contributed by atoms with E-state index >= 15 is 0 Å². The molecular weight excluding hydrogens is 273 g/mol. The summed E-state index contributed by atoms with van der Waals surface area (Å²) in [5, 5.41) is 0. The predicted octanol–water partition coefficient (Wildman–Crippen LogP) is 2.64. The zero-order valence-electron chi connectivity index (χ0n) is 11.4. The smallest absolute Gasteiger partial charge is 0.260 e. The molecule has 2 rings (SSSR count). The van der Waals surface area contributed by atoms with Gasteiger partial charge in [-0.15, -0.1) is 0 Å². The van der Waals surface area contributed by atoms with Crippen LogP contribution in [0.1, 0.15) is 10.4 Å². The zero-order valence-corrected chi connectivity index (χ0v) is 11.4. The van der Waals surface area contributed by atoms with E-state index in [4.69, 9.17) is 4.74 Å². The minimum Gasteiger partial charge on any atom is -0.354 e. The van der Waals surface area contributed by atoms with Crippen LogP contribution in [-0.4, -0.2) is 25.5 Å². The van der Waals surface area contributed by atoms with Gasteiger partial charge >= 0.3 is 0 Å². The summed E-state index contributed by atoms with van der Waals surface area (Å²) >= 11 is 0. The Morgan fingerprint density at radius 3 is 2.48 bits per heavy atom. The van der Waals surface area contributed by atoms with Gasteiger partial charge in [0.05, 0.1) is 0 Å². The van der Waals surface area contributed by atoms with Crippen molar-refractivity contribution in [2.75, 3.05) is 12.0 Å². The molecule has 0 saturated heterocycles. The highest BCUT2D eigenvalue weighted by Gasteiger charge is 2.26. The summed E-state index contributed by atoms with van der Waals surface area (Å²) in [6, 6.07) is 13.9. The number of ether oxygens (including phenoxy) is 1. The number of carbonyl (C=O) groups excluding carboxylic acids is 2. The molecule has 0 radical (unpaired) electrons. The zero-order chi connectivity index (χ0) is 15.2. The average molecular weight is 287 g/mol. The van der Waals surface area contributed by atoms with Gasteiger partial charge in [0.25, 0.3) is 5.91 Å². The van der Waals surface area contributed by atoms with E-state index in [2.05, 4.69) is 0 Å². The van der Waals surface area contributed by atoms with Gasteiger partial charge in [0.2, 0.25) is 0 Å². The van der Waals surface area contributed by atoms with Crippen LogP contribution < -0.4 is 4.90 Å². The van der Waals surface area contributed by atoms with Gasteiger partial charge in [0, 0.05) is 18.4 Å². The molecule has 0 fully saturated rings. The topological polar surface area (TPSA) is 46.6 Å². The Labute approximate surface area is 121 Å². The molecule has 2 aromatic carbocycles. The van der Waals surface area contributed by atoms with Crippen molar-refractivity contribution in [2.45, 2.75) is 6.23 Å². The lowest BCUT2D eigenvalue weighted by Gasteiger charge is -2.27. The number of benzene rings is 2. The molecule has 0 unspecified atom stereocenters.